The fraction of sp³-hybridized carbons (Fsp3) is 0.522. The molecule has 2 aromatic rings. The van der Waals surface area contributed by atoms with E-state index < -0.39 is 35.3 Å². The molecule has 0 aliphatic carbocycles. The third-order valence-corrected chi connectivity index (χ3v) is 5.46. The first-order valence-electron chi connectivity index (χ1n) is 10.7. The molecule has 1 fully saturated rings. The maximum atomic E-state index is 12.8. The van der Waals surface area contributed by atoms with Crippen molar-refractivity contribution in [3.63, 3.8) is 0 Å². The van der Waals surface area contributed by atoms with E-state index in [-0.39, 0.29) is 17.2 Å². The summed E-state index contributed by atoms with van der Waals surface area (Å²) in [5.41, 5.74) is -0.401. The molecule has 2 unspecified atom stereocenters. The maximum absolute atomic E-state index is 12.8. The molecule has 1 amide bonds. The van der Waals surface area contributed by atoms with Crippen molar-refractivity contribution in [2.75, 3.05) is 13.1 Å². The second-order valence-electron chi connectivity index (χ2n) is 9.30. The molecule has 33 heavy (non-hydrogen) atoms. The number of carbonyl (C=O) groups excluding carboxylic acids is 1. The van der Waals surface area contributed by atoms with Crippen LogP contribution in [0.5, 0.6) is 5.75 Å². The Morgan fingerprint density at radius 2 is 1.91 bits per heavy atom. The number of aryl methyl sites for hydroxylation is 1. The monoisotopic (exact) mass is 467 g/mol. The Hall–Kier alpha value is -2.88. The molecular weight excluding hydrogens is 439 g/mol. The highest BCUT2D eigenvalue weighted by Crippen LogP contribution is 2.37. The molecular formula is C23H28F3N3O4. The lowest BCUT2D eigenvalue weighted by Gasteiger charge is -2.36. The van der Waals surface area contributed by atoms with Gasteiger partial charge in [0.2, 0.25) is 0 Å². The van der Waals surface area contributed by atoms with Crippen LogP contribution in [0.2, 0.25) is 0 Å². The molecule has 1 aliphatic heterocycles. The number of aliphatic hydroxyl groups excluding tert-OH is 1. The number of nitrogens with zero attached hydrogens (tertiary/aromatic N) is 3. The van der Waals surface area contributed by atoms with Crippen molar-refractivity contribution in [3.8, 4) is 17.0 Å². The number of alkyl halides is 3. The second-order valence-corrected chi connectivity index (χ2v) is 9.30. The number of hydrogen-bond acceptors (Lipinski definition) is 6. The summed E-state index contributed by atoms with van der Waals surface area (Å²) in [6.45, 7) is 7.91. The number of amides is 1. The van der Waals surface area contributed by atoms with Gasteiger partial charge in [-0.05, 0) is 70.4 Å². The van der Waals surface area contributed by atoms with Crippen LogP contribution in [-0.4, -0.2) is 50.1 Å². The lowest BCUT2D eigenvalue weighted by atomic mass is 9.89. The van der Waals surface area contributed by atoms with Crippen molar-refractivity contribution in [1.82, 2.24) is 15.1 Å². The smallest absolute Gasteiger partial charge is 0.416 e. The van der Waals surface area contributed by atoms with Gasteiger partial charge in [0, 0.05) is 24.6 Å². The van der Waals surface area contributed by atoms with Crippen LogP contribution < -0.4 is 0 Å². The van der Waals surface area contributed by atoms with Crippen LogP contribution in [0.25, 0.3) is 11.3 Å². The van der Waals surface area contributed by atoms with E-state index in [9.17, 15) is 28.2 Å². The van der Waals surface area contributed by atoms with Crippen molar-refractivity contribution >= 4 is 6.09 Å². The van der Waals surface area contributed by atoms with E-state index in [1.54, 1.807) is 38.7 Å². The molecule has 1 aliphatic rings. The summed E-state index contributed by atoms with van der Waals surface area (Å²) in [5.74, 6) is -0.836. The Balaban J connectivity index is 1.78. The van der Waals surface area contributed by atoms with Crippen molar-refractivity contribution in [2.45, 2.75) is 58.4 Å². The number of carbonyl (C=O) groups is 1. The number of phenolic OH excluding ortho intramolecular Hbond substituents is 1. The van der Waals surface area contributed by atoms with Gasteiger partial charge in [-0.15, -0.1) is 0 Å². The average molecular weight is 467 g/mol. The normalized spacial score (nSPS) is 18.2. The number of piperidine rings is 1. The highest BCUT2D eigenvalue weighted by Gasteiger charge is 2.34. The minimum Gasteiger partial charge on any atom is -0.507 e. The van der Waals surface area contributed by atoms with Gasteiger partial charge in [-0.25, -0.2) is 4.79 Å². The number of halogens is 3. The van der Waals surface area contributed by atoms with Crippen LogP contribution >= 0.6 is 0 Å². The molecule has 1 saturated heterocycles. The highest BCUT2D eigenvalue weighted by atomic mass is 19.4. The topological polar surface area (TPSA) is 95.8 Å². The number of phenols is 1. The van der Waals surface area contributed by atoms with E-state index in [1.807, 2.05) is 0 Å². The van der Waals surface area contributed by atoms with E-state index in [0.717, 1.165) is 12.1 Å². The first-order valence-corrected chi connectivity index (χ1v) is 10.7. The van der Waals surface area contributed by atoms with E-state index in [4.69, 9.17) is 4.74 Å². The second kappa shape index (κ2) is 9.17. The van der Waals surface area contributed by atoms with E-state index in [0.29, 0.717) is 43.3 Å². The summed E-state index contributed by atoms with van der Waals surface area (Å²) in [5, 5.41) is 29.1. The van der Waals surface area contributed by atoms with Crippen molar-refractivity contribution in [1.29, 1.82) is 0 Å². The van der Waals surface area contributed by atoms with Crippen molar-refractivity contribution in [3.05, 3.63) is 41.1 Å². The van der Waals surface area contributed by atoms with Gasteiger partial charge in [-0.1, -0.05) is 0 Å². The number of hydrogen-bond donors (Lipinski definition) is 2. The molecule has 10 heteroatoms. The molecule has 3 rings (SSSR count). The number of rotatable bonds is 3. The number of ether oxygens (including phenoxy) is 1. The standard InChI is InChI=1S/C23H28F3N3O4/c1-13-10-17(16-8-7-15(11-18(16)30)23(24,25)26)27-28-19(13)20(31)14-6-5-9-29(12-14)21(32)33-22(2,3)4/h7-8,10-11,14,20,30-31H,5-6,9,12H2,1-4H3. The first-order chi connectivity index (χ1) is 15.3. The summed E-state index contributed by atoms with van der Waals surface area (Å²) in [7, 11) is 0. The van der Waals surface area contributed by atoms with Crippen LogP contribution in [0.1, 0.15) is 56.5 Å². The molecule has 2 heterocycles. The van der Waals surface area contributed by atoms with Gasteiger partial charge in [-0.2, -0.15) is 23.4 Å². The first kappa shape index (κ1) is 24.8. The van der Waals surface area contributed by atoms with Crippen molar-refractivity contribution < 1.29 is 32.9 Å². The number of aromatic nitrogens is 2. The maximum Gasteiger partial charge on any atom is 0.416 e. The van der Waals surface area contributed by atoms with Gasteiger partial charge < -0.3 is 19.8 Å². The lowest BCUT2D eigenvalue weighted by molar-refractivity contribution is -0.137. The highest BCUT2D eigenvalue weighted by molar-refractivity contribution is 5.68. The molecule has 0 radical (unpaired) electrons. The van der Waals surface area contributed by atoms with E-state index >= 15 is 0 Å². The molecule has 180 valence electrons. The predicted octanol–water partition coefficient (Wildman–Crippen LogP) is 4.86. The van der Waals surface area contributed by atoms with Gasteiger partial charge in [0.15, 0.2) is 0 Å². The summed E-state index contributed by atoms with van der Waals surface area (Å²) in [6.07, 6.45) is -4.61. The summed E-state index contributed by atoms with van der Waals surface area (Å²) in [6, 6.07) is 4.20. The largest absolute Gasteiger partial charge is 0.507 e. The van der Waals surface area contributed by atoms with Crippen LogP contribution in [0.4, 0.5) is 18.0 Å². The molecule has 2 atom stereocenters. The summed E-state index contributed by atoms with van der Waals surface area (Å²) in [4.78, 5) is 14.0. The summed E-state index contributed by atoms with van der Waals surface area (Å²) >= 11 is 0. The van der Waals surface area contributed by atoms with Crippen LogP contribution in [-0.2, 0) is 10.9 Å². The molecule has 0 bridgehead atoms. The number of aromatic hydroxyl groups is 1. The zero-order chi connectivity index (χ0) is 24.6. The van der Waals surface area contributed by atoms with Crippen LogP contribution in [0.15, 0.2) is 24.3 Å². The third-order valence-electron chi connectivity index (χ3n) is 5.46. The minimum absolute atomic E-state index is 0.105. The average Bonchev–Trinajstić information content (AvgIpc) is 2.71. The predicted molar refractivity (Wildman–Crippen MR) is 114 cm³/mol. The van der Waals surface area contributed by atoms with Gasteiger partial charge in [0.1, 0.15) is 17.5 Å². The molecule has 0 saturated carbocycles. The Labute approximate surface area is 190 Å². The molecule has 2 N–H and O–H groups in total. The quantitative estimate of drug-likeness (QED) is 0.670. The fourth-order valence-corrected chi connectivity index (χ4v) is 3.83. The number of benzene rings is 1. The Bertz CT molecular complexity index is 1020. The zero-order valence-corrected chi connectivity index (χ0v) is 19.0. The number of aliphatic hydroxyl groups is 1. The third kappa shape index (κ3) is 5.93. The molecule has 7 nitrogen and oxygen atoms in total. The van der Waals surface area contributed by atoms with Crippen LogP contribution in [0, 0.1) is 12.8 Å². The van der Waals surface area contributed by atoms with Gasteiger partial charge in [-0.3, -0.25) is 0 Å². The number of likely N-dealkylation sites (tertiary alicyclic amines) is 1. The fourth-order valence-electron chi connectivity index (χ4n) is 3.83. The van der Waals surface area contributed by atoms with E-state index in [1.165, 1.54) is 0 Å². The molecule has 1 aromatic carbocycles. The summed E-state index contributed by atoms with van der Waals surface area (Å²) < 4.78 is 44.0. The minimum atomic E-state index is -4.57. The SMILES string of the molecule is Cc1cc(-c2ccc(C(F)(F)F)cc2O)nnc1C(O)C1CCCN(C(=O)OC(C)(C)C)C1. The Kier molecular flexibility index (Phi) is 6.88. The molecule has 1 aromatic heterocycles. The van der Waals surface area contributed by atoms with Gasteiger partial charge in [0.05, 0.1) is 17.0 Å². The van der Waals surface area contributed by atoms with Crippen molar-refractivity contribution in [2.24, 2.45) is 5.92 Å². The lowest BCUT2D eigenvalue weighted by Crippen LogP contribution is -2.44. The van der Waals surface area contributed by atoms with Gasteiger partial charge in [0.25, 0.3) is 0 Å². The van der Waals surface area contributed by atoms with E-state index in [2.05, 4.69) is 10.2 Å². The Morgan fingerprint density at radius 1 is 1.21 bits per heavy atom. The van der Waals surface area contributed by atoms with Gasteiger partial charge >= 0.3 is 12.3 Å². The Morgan fingerprint density at radius 3 is 2.48 bits per heavy atom. The molecule has 0 spiro atoms. The zero-order valence-electron chi connectivity index (χ0n) is 19.0. The van der Waals surface area contributed by atoms with Crippen LogP contribution in [0.3, 0.4) is 0 Å².